The van der Waals surface area contributed by atoms with Crippen molar-refractivity contribution in [2.24, 2.45) is 5.92 Å². The number of aromatic nitrogens is 3. The second-order valence-corrected chi connectivity index (χ2v) is 13.6. The molecule has 2 aliphatic rings. The van der Waals surface area contributed by atoms with E-state index in [9.17, 15) is 32.3 Å². The van der Waals surface area contributed by atoms with E-state index < -0.39 is 53.9 Å². The normalized spacial score (nSPS) is 15.8. The Balaban J connectivity index is 1.18. The van der Waals surface area contributed by atoms with E-state index in [-0.39, 0.29) is 36.8 Å². The molecule has 3 aromatic rings. The summed E-state index contributed by atoms with van der Waals surface area (Å²) in [5, 5.41) is 11.7. The van der Waals surface area contributed by atoms with Crippen molar-refractivity contribution in [1.82, 2.24) is 25.6 Å². The van der Waals surface area contributed by atoms with Gasteiger partial charge in [0.1, 0.15) is 6.04 Å². The Morgan fingerprint density at radius 2 is 1.62 bits per heavy atom. The highest BCUT2D eigenvalue weighted by molar-refractivity contribution is 6.36. The van der Waals surface area contributed by atoms with Crippen molar-refractivity contribution < 1.29 is 41.8 Å². The van der Waals surface area contributed by atoms with E-state index in [2.05, 4.69) is 36.2 Å². The Kier molecular flexibility index (Phi) is 13.1. The lowest BCUT2D eigenvalue weighted by molar-refractivity contribution is -0.154. The molecule has 53 heavy (non-hydrogen) atoms. The molecule has 17 heteroatoms. The van der Waals surface area contributed by atoms with Crippen LogP contribution in [0.4, 0.5) is 30.8 Å². The first-order valence-electron chi connectivity index (χ1n) is 17.4. The lowest BCUT2D eigenvalue weighted by Crippen LogP contribution is -2.44. The largest absolute Gasteiger partial charge is 0.467 e. The molecule has 0 spiro atoms. The number of ether oxygens (including phenoxy) is 2. The first kappa shape index (κ1) is 39.2. The number of nitrogens with one attached hydrogen (secondary N) is 4. The van der Waals surface area contributed by atoms with E-state index in [1.54, 1.807) is 12.1 Å². The van der Waals surface area contributed by atoms with Crippen molar-refractivity contribution in [2.45, 2.75) is 82.0 Å². The van der Waals surface area contributed by atoms with Gasteiger partial charge in [0.25, 0.3) is 11.8 Å². The summed E-state index contributed by atoms with van der Waals surface area (Å²) in [6.45, 7) is -1.66. The molecule has 1 atom stereocenters. The molecule has 5 rings (SSSR count). The van der Waals surface area contributed by atoms with Crippen LogP contribution in [0.1, 0.15) is 80.1 Å². The second kappa shape index (κ2) is 17.7. The number of amides is 2. The van der Waals surface area contributed by atoms with Crippen LogP contribution in [0.5, 0.6) is 6.01 Å². The van der Waals surface area contributed by atoms with Crippen molar-refractivity contribution in [3.63, 3.8) is 0 Å². The molecular formula is C36H41ClF3N7O6. The fraction of sp³-hybridized carbons (Fsp3) is 0.472. The van der Waals surface area contributed by atoms with Crippen molar-refractivity contribution in [3.05, 3.63) is 64.7 Å². The molecule has 0 unspecified atom stereocenters. The molecule has 1 aromatic heterocycles. The number of hydrogen-bond acceptors (Lipinski definition) is 11. The highest BCUT2D eigenvalue weighted by Gasteiger charge is 2.45. The summed E-state index contributed by atoms with van der Waals surface area (Å²) in [4.78, 5) is 62.5. The minimum Gasteiger partial charge on any atom is -0.467 e. The van der Waals surface area contributed by atoms with Crippen LogP contribution in [-0.2, 0) is 24.7 Å². The highest BCUT2D eigenvalue weighted by atomic mass is 35.5. The highest BCUT2D eigenvalue weighted by Crippen LogP contribution is 2.48. The van der Waals surface area contributed by atoms with E-state index in [4.69, 9.17) is 21.1 Å². The summed E-state index contributed by atoms with van der Waals surface area (Å²) >= 11 is 6.03. The predicted octanol–water partition coefficient (Wildman–Crippen LogP) is 6.02. The van der Waals surface area contributed by atoms with E-state index in [1.165, 1.54) is 37.8 Å². The fourth-order valence-corrected chi connectivity index (χ4v) is 6.22. The maximum absolute atomic E-state index is 13.1. The third-order valence-electron chi connectivity index (χ3n) is 9.15. The molecule has 0 bridgehead atoms. The van der Waals surface area contributed by atoms with Crippen LogP contribution in [0, 0.1) is 5.92 Å². The number of carbonyl (C=O) groups excluding carboxylic acids is 4. The lowest BCUT2D eigenvalue weighted by Gasteiger charge is -2.20. The van der Waals surface area contributed by atoms with Crippen molar-refractivity contribution in [2.75, 3.05) is 30.9 Å². The lowest BCUT2D eigenvalue weighted by atomic mass is 9.85. The van der Waals surface area contributed by atoms with Crippen LogP contribution >= 0.6 is 11.6 Å². The maximum Gasteiger partial charge on any atom is 0.422 e. The summed E-state index contributed by atoms with van der Waals surface area (Å²) in [5.74, 6) is -2.27. The van der Waals surface area contributed by atoms with Gasteiger partial charge in [-0.15, -0.1) is 0 Å². The molecule has 1 heterocycles. The average Bonchev–Trinajstić information content (AvgIpc) is 3.92. The quantitative estimate of drug-likeness (QED) is 0.0937. The van der Waals surface area contributed by atoms with Crippen molar-refractivity contribution >= 4 is 52.8 Å². The summed E-state index contributed by atoms with van der Waals surface area (Å²) in [7, 11) is 1.17. The number of methoxy groups -OCH3 is 1. The number of alkyl halides is 3. The van der Waals surface area contributed by atoms with Crippen LogP contribution in [0.15, 0.2) is 48.5 Å². The Bertz CT molecular complexity index is 1750. The SMILES string of the molecule is COC(=O)[C@H](CCNC(=O)C(=O)CCC1CCCCC1)NC(=O)c1ccc(Nc2nc(NC3(c4ccc(Cl)cc4)CC3)nc(OCC(F)(F)F)n2)cc1. The van der Waals surface area contributed by atoms with Crippen LogP contribution in [0.3, 0.4) is 0 Å². The predicted molar refractivity (Wildman–Crippen MR) is 189 cm³/mol. The van der Waals surface area contributed by atoms with Crippen LogP contribution in [0.25, 0.3) is 0 Å². The van der Waals surface area contributed by atoms with Crippen LogP contribution in [-0.4, -0.2) is 71.0 Å². The third-order valence-corrected chi connectivity index (χ3v) is 9.40. The Morgan fingerprint density at radius 1 is 0.943 bits per heavy atom. The standard InChI is InChI=1S/C36H41ClF3N7O6/c1-52-31(51)27(17-20-41-30(50)28(48)16-7-22-5-3-2-4-6-22)43-29(49)23-8-14-26(15-9-23)42-32-44-33(46-34(45-32)53-21-36(38,39)40)47-35(18-19-35)24-10-12-25(37)13-11-24/h8-15,22,27H,2-7,16-21H2,1H3,(H,41,50)(H,43,49)(H2,42,44,45,46,47)/t27-/m0/s1. The summed E-state index contributed by atoms with van der Waals surface area (Å²) in [6, 6.07) is 11.4. The molecule has 13 nitrogen and oxygen atoms in total. The molecule has 4 N–H and O–H groups in total. The molecular weight excluding hydrogens is 719 g/mol. The second-order valence-electron chi connectivity index (χ2n) is 13.1. The van der Waals surface area contributed by atoms with Gasteiger partial charge in [-0.1, -0.05) is 55.8 Å². The molecule has 2 aliphatic carbocycles. The Labute approximate surface area is 309 Å². The molecule has 2 fully saturated rings. The molecule has 0 saturated heterocycles. The number of anilines is 3. The first-order chi connectivity index (χ1) is 25.3. The number of halogens is 4. The van der Waals surface area contributed by atoms with Gasteiger partial charge in [0.05, 0.1) is 12.6 Å². The van der Waals surface area contributed by atoms with Gasteiger partial charge in [0.2, 0.25) is 17.7 Å². The maximum atomic E-state index is 13.1. The number of benzene rings is 2. The third kappa shape index (κ3) is 11.8. The fourth-order valence-electron chi connectivity index (χ4n) is 6.09. The smallest absolute Gasteiger partial charge is 0.422 e. The van der Waals surface area contributed by atoms with Gasteiger partial charge in [-0.25, -0.2) is 4.79 Å². The number of ketones is 1. The number of carbonyl (C=O) groups is 4. The number of nitrogens with zero attached hydrogens (tertiary/aromatic N) is 3. The Hall–Kier alpha value is -4.99. The monoisotopic (exact) mass is 759 g/mol. The van der Waals surface area contributed by atoms with Crippen LogP contribution in [0.2, 0.25) is 5.02 Å². The van der Waals surface area contributed by atoms with Gasteiger partial charge >= 0.3 is 18.2 Å². The van der Waals surface area contributed by atoms with Crippen molar-refractivity contribution in [3.8, 4) is 6.01 Å². The number of Topliss-reactive ketones (excluding diaryl/α,β-unsaturated/α-hetero) is 1. The van der Waals surface area contributed by atoms with E-state index in [1.807, 2.05) is 12.1 Å². The minimum atomic E-state index is -4.63. The molecule has 2 aromatic carbocycles. The zero-order chi connectivity index (χ0) is 38.0. The van der Waals surface area contributed by atoms with Gasteiger partial charge < -0.3 is 30.7 Å². The molecule has 0 radical (unpaired) electrons. The zero-order valence-corrected chi connectivity index (χ0v) is 29.8. The molecule has 2 saturated carbocycles. The topological polar surface area (TPSA) is 174 Å². The number of hydrogen-bond donors (Lipinski definition) is 4. The summed E-state index contributed by atoms with van der Waals surface area (Å²) < 4.78 is 48.5. The molecule has 284 valence electrons. The summed E-state index contributed by atoms with van der Waals surface area (Å²) in [6.07, 6.45) is 3.28. The van der Waals surface area contributed by atoms with Gasteiger partial charge in [0.15, 0.2) is 6.61 Å². The van der Waals surface area contributed by atoms with Crippen molar-refractivity contribution in [1.29, 1.82) is 0 Å². The summed E-state index contributed by atoms with van der Waals surface area (Å²) in [5.41, 5.74) is 0.897. The average molecular weight is 760 g/mol. The van der Waals surface area contributed by atoms with E-state index in [0.717, 1.165) is 44.1 Å². The first-order valence-corrected chi connectivity index (χ1v) is 17.8. The molecule has 0 aliphatic heterocycles. The number of rotatable bonds is 17. The van der Waals surface area contributed by atoms with E-state index in [0.29, 0.717) is 23.0 Å². The van der Waals surface area contributed by atoms with Gasteiger partial charge in [0, 0.05) is 29.2 Å². The molecule has 2 amide bonds. The number of esters is 1. The zero-order valence-electron chi connectivity index (χ0n) is 29.1. The van der Waals surface area contributed by atoms with E-state index >= 15 is 0 Å². The van der Waals surface area contributed by atoms with Crippen LogP contribution < -0.4 is 26.0 Å². The van der Waals surface area contributed by atoms with Gasteiger partial charge in [-0.05, 0) is 73.6 Å². The minimum absolute atomic E-state index is 0.0167. The van der Waals surface area contributed by atoms with Gasteiger partial charge in [-0.3, -0.25) is 14.4 Å². The van der Waals surface area contributed by atoms with Gasteiger partial charge in [-0.2, -0.15) is 28.1 Å². The Morgan fingerprint density at radius 3 is 2.26 bits per heavy atom.